The van der Waals surface area contributed by atoms with Crippen LogP contribution < -0.4 is 0 Å². The second-order valence-electron chi connectivity index (χ2n) is 7.75. The Kier molecular flexibility index (Phi) is 5.55. The fourth-order valence-electron chi connectivity index (χ4n) is 4.36. The first-order valence-electron chi connectivity index (χ1n) is 10.0. The topological polar surface area (TPSA) is 43.8 Å². The molecule has 0 atom stereocenters. The van der Waals surface area contributed by atoms with Crippen molar-refractivity contribution in [3.05, 3.63) is 70.8 Å². The van der Waals surface area contributed by atoms with Gasteiger partial charge in [-0.1, -0.05) is 48.5 Å². The van der Waals surface area contributed by atoms with Gasteiger partial charge in [0.05, 0.1) is 13.0 Å². The Labute approximate surface area is 161 Å². The first kappa shape index (κ1) is 18.2. The van der Waals surface area contributed by atoms with Crippen LogP contribution in [0.15, 0.2) is 48.5 Å². The van der Waals surface area contributed by atoms with Crippen molar-refractivity contribution in [3.63, 3.8) is 0 Å². The number of fused-ring (bicyclic) bond motifs is 1. The number of aliphatic hydroxyl groups is 1. The molecule has 4 rings (SSSR count). The third kappa shape index (κ3) is 4.23. The van der Waals surface area contributed by atoms with Crippen LogP contribution in [0.3, 0.4) is 0 Å². The smallest absolute Gasteiger partial charge is 0.226 e. The Morgan fingerprint density at radius 2 is 1.59 bits per heavy atom. The Morgan fingerprint density at radius 1 is 0.926 bits per heavy atom. The number of rotatable bonds is 4. The van der Waals surface area contributed by atoms with Gasteiger partial charge >= 0.3 is 0 Å². The predicted octanol–water partition coefficient (Wildman–Crippen LogP) is 2.77. The molecule has 2 aliphatic rings. The first-order valence-corrected chi connectivity index (χ1v) is 10.0. The van der Waals surface area contributed by atoms with Gasteiger partial charge < -0.3 is 10.0 Å². The third-order valence-corrected chi connectivity index (χ3v) is 6.05. The van der Waals surface area contributed by atoms with Crippen molar-refractivity contribution in [3.8, 4) is 0 Å². The average molecular weight is 364 g/mol. The number of benzene rings is 2. The molecule has 2 aromatic carbocycles. The van der Waals surface area contributed by atoms with E-state index in [1.54, 1.807) is 0 Å². The number of hydrogen-bond donors (Lipinski definition) is 1. The lowest BCUT2D eigenvalue weighted by Gasteiger charge is -2.40. The van der Waals surface area contributed by atoms with Crippen LogP contribution in [0.25, 0.3) is 0 Å². The second kappa shape index (κ2) is 8.24. The molecule has 4 heteroatoms. The molecule has 1 N–H and O–H groups in total. The van der Waals surface area contributed by atoms with Gasteiger partial charge in [-0.25, -0.2) is 0 Å². The predicted molar refractivity (Wildman–Crippen MR) is 106 cm³/mol. The van der Waals surface area contributed by atoms with E-state index in [9.17, 15) is 4.79 Å². The van der Waals surface area contributed by atoms with E-state index in [0.29, 0.717) is 12.5 Å². The van der Waals surface area contributed by atoms with E-state index < -0.39 is 0 Å². The van der Waals surface area contributed by atoms with Gasteiger partial charge in [-0.15, -0.1) is 0 Å². The Balaban J connectivity index is 1.29. The van der Waals surface area contributed by atoms with Crippen LogP contribution in [0.1, 0.15) is 35.1 Å². The molecule has 0 aliphatic carbocycles. The standard InChI is InChI=1S/C23H28N2O2/c26-17-19-7-5-18(6-8-19)15-23(27)24-13-10-22(11-14-24)25-12-9-20-3-1-2-4-21(20)16-25/h1-8,22,26H,9-17H2. The summed E-state index contributed by atoms with van der Waals surface area (Å²) < 4.78 is 0. The van der Waals surface area contributed by atoms with Gasteiger partial charge in [-0.2, -0.15) is 0 Å². The van der Waals surface area contributed by atoms with Gasteiger partial charge in [0.15, 0.2) is 0 Å². The molecular formula is C23H28N2O2. The minimum Gasteiger partial charge on any atom is -0.392 e. The van der Waals surface area contributed by atoms with E-state index in [2.05, 4.69) is 29.2 Å². The molecule has 0 spiro atoms. The van der Waals surface area contributed by atoms with Crippen molar-refractivity contribution in [2.24, 2.45) is 0 Å². The molecule has 2 aromatic rings. The molecule has 4 nitrogen and oxygen atoms in total. The molecule has 0 saturated carbocycles. The Morgan fingerprint density at radius 3 is 2.30 bits per heavy atom. The fraction of sp³-hybridized carbons (Fsp3) is 0.435. The van der Waals surface area contributed by atoms with E-state index in [-0.39, 0.29) is 12.5 Å². The number of carbonyl (C=O) groups is 1. The highest BCUT2D eigenvalue weighted by Crippen LogP contribution is 2.25. The largest absolute Gasteiger partial charge is 0.392 e. The number of hydrogen-bond acceptors (Lipinski definition) is 3. The van der Waals surface area contributed by atoms with Gasteiger partial charge in [0, 0.05) is 32.2 Å². The van der Waals surface area contributed by atoms with E-state index >= 15 is 0 Å². The zero-order valence-electron chi connectivity index (χ0n) is 15.8. The number of amides is 1. The molecule has 0 bridgehead atoms. The summed E-state index contributed by atoms with van der Waals surface area (Å²) in [5.74, 6) is 0.217. The highest BCUT2D eigenvalue weighted by molar-refractivity contribution is 5.78. The van der Waals surface area contributed by atoms with Crippen molar-refractivity contribution in [2.45, 2.75) is 44.9 Å². The Bertz CT molecular complexity index is 779. The molecule has 1 fully saturated rings. The van der Waals surface area contributed by atoms with Gasteiger partial charge in [-0.05, 0) is 41.5 Å². The van der Waals surface area contributed by atoms with Crippen LogP contribution in [0.4, 0.5) is 0 Å². The molecule has 2 heterocycles. The summed E-state index contributed by atoms with van der Waals surface area (Å²) in [5.41, 5.74) is 4.87. The van der Waals surface area contributed by atoms with E-state index in [4.69, 9.17) is 5.11 Å². The van der Waals surface area contributed by atoms with Crippen LogP contribution in [0.5, 0.6) is 0 Å². The average Bonchev–Trinajstić information content (AvgIpc) is 2.74. The van der Waals surface area contributed by atoms with E-state index in [1.165, 1.54) is 11.1 Å². The minimum atomic E-state index is 0.0444. The molecular weight excluding hydrogens is 336 g/mol. The fourth-order valence-corrected chi connectivity index (χ4v) is 4.36. The van der Waals surface area contributed by atoms with Crippen LogP contribution in [-0.2, 0) is 30.8 Å². The van der Waals surface area contributed by atoms with E-state index in [1.807, 2.05) is 29.2 Å². The second-order valence-corrected chi connectivity index (χ2v) is 7.75. The summed E-state index contributed by atoms with van der Waals surface area (Å²) in [6, 6.07) is 17.0. The van der Waals surface area contributed by atoms with Gasteiger partial charge in [0.25, 0.3) is 0 Å². The summed E-state index contributed by atoms with van der Waals surface area (Å²) in [7, 11) is 0. The number of nitrogens with zero attached hydrogens (tertiary/aromatic N) is 2. The minimum absolute atomic E-state index is 0.0444. The van der Waals surface area contributed by atoms with Crippen LogP contribution >= 0.6 is 0 Å². The molecule has 0 radical (unpaired) electrons. The highest BCUT2D eigenvalue weighted by atomic mass is 16.3. The molecule has 0 unspecified atom stereocenters. The lowest BCUT2D eigenvalue weighted by molar-refractivity contribution is -0.132. The van der Waals surface area contributed by atoms with Crippen molar-refractivity contribution in [1.82, 2.24) is 9.80 Å². The maximum Gasteiger partial charge on any atom is 0.226 e. The normalized spacial score (nSPS) is 18.3. The first-order chi connectivity index (χ1) is 13.2. The highest BCUT2D eigenvalue weighted by Gasteiger charge is 2.28. The van der Waals surface area contributed by atoms with Crippen LogP contribution in [0, 0.1) is 0 Å². The van der Waals surface area contributed by atoms with E-state index in [0.717, 1.165) is 56.6 Å². The number of likely N-dealkylation sites (tertiary alicyclic amines) is 1. The SMILES string of the molecule is O=C(Cc1ccc(CO)cc1)N1CCC(N2CCc3ccccc3C2)CC1. The Hall–Kier alpha value is -2.17. The van der Waals surface area contributed by atoms with Crippen molar-refractivity contribution < 1.29 is 9.90 Å². The summed E-state index contributed by atoms with van der Waals surface area (Å²) in [4.78, 5) is 17.3. The van der Waals surface area contributed by atoms with Crippen molar-refractivity contribution in [2.75, 3.05) is 19.6 Å². The number of aliphatic hydroxyl groups excluding tert-OH is 1. The molecule has 0 aromatic heterocycles. The number of carbonyl (C=O) groups excluding carboxylic acids is 1. The summed E-state index contributed by atoms with van der Waals surface area (Å²) in [5, 5.41) is 9.12. The summed E-state index contributed by atoms with van der Waals surface area (Å²) in [6.07, 6.45) is 3.72. The lowest BCUT2D eigenvalue weighted by Crippen LogP contribution is -2.48. The van der Waals surface area contributed by atoms with Crippen molar-refractivity contribution in [1.29, 1.82) is 0 Å². The van der Waals surface area contributed by atoms with Gasteiger partial charge in [-0.3, -0.25) is 9.69 Å². The molecule has 27 heavy (non-hydrogen) atoms. The van der Waals surface area contributed by atoms with Gasteiger partial charge in [0.2, 0.25) is 5.91 Å². The third-order valence-electron chi connectivity index (χ3n) is 6.05. The molecule has 1 saturated heterocycles. The molecule has 2 aliphatic heterocycles. The van der Waals surface area contributed by atoms with Gasteiger partial charge in [0.1, 0.15) is 0 Å². The van der Waals surface area contributed by atoms with Crippen LogP contribution in [0.2, 0.25) is 0 Å². The number of piperidine rings is 1. The quantitative estimate of drug-likeness (QED) is 0.907. The molecule has 142 valence electrons. The van der Waals surface area contributed by atoms with Crippen LogP contribution in [-0.4, -0.2) is 46.5 Å². The maximum atomic E-state index is 12.6. The monoisotopic (exact) mass is 364 g/mol. The summed E-state index contributed by atoms with van der Waals surface area (Å²) >= 11 is 0. The summed E-state index contributed by atoms with van der Waals surface area (Å²) in [6.45, 7) is 3.94. The maximum absolute atomic E-state index is 12.6. The zero-order valence-corrected chi connectivity index (χ0v) is 15.8. The zero-order chi connectivity index (χ0) is 18.6. The lowest BCUT2D eigenvalue weighted by atomic mass is 9.95. The van der Waals surface area contributed by atoms with Crippen molar-refractivity contribution >= 4 is 5.91 Å². The molecule has 1 amide bonds.